The van der Waals surface area contributed by atoms with Gasteiger partial charge >= 0.3 is 0 Å². The Balaban J connectivity index is 1.40. The minimum atomic E-state index is -0.281. The number of hydrogen-bond donors (Lipinski definition) is 2. The number of nitrogens with zero attached hydrogens (tertiary/aromatic N) is 4. The highest BCUT2D eigenvalue weighted by atomic mass is 19.1. The maximum Gasteiger partial charge on any atom is 0.249 e. The molecule has 2 N–H and O–H groups in total. The number of piperidine rings is 1. The molecule has 7 heteroatoms. The Labute approximate surface area is 163 Å². The maximum absolute atomic E-state index is 13.0. The van der Waals surface area contributed by atoms with Gasteiger partial charge < -0.3 is 15.5 Å². The van der Waals surface area contributed by atoms with Crippen LogP contribution in [-0.2, 0) is 0 Å². The quantitative estimate of drug-likeness (QED) is 0.669. The van der Waals surface area contributed by atoms with E-state index in [1.54, 1.807) is 12.1 Å². The first-order valence-corrected chi connectivity index (χ1v) is 9.50. The summed E-state index contributed by atoms with van der Waals surface area (Å²) < 4.78 is 13.0. The minimum absolute atomic E-state index is 0.281. The fraction of sp³-hybridized carbons (Fsp3) is 0.286. The number of rotatable bonds is 5. The lowest BCUT2D eigenvalue weighted by Crippen LogP contribution is -2.32. The molecule has 1 fully saturated rings. The van der Waals surface area contributed by atoms with E-state index in [0.717, 1.165) is 30.4 Å². The van der Waals surface area contributed by atoms with Crippen molar-refractivity contribution in [3.05, 3.63) is 60.5 Å². The van der Waals surface area contributed by atoms with E-state index in [1.807, 2.05) is 12.1 Å². The third kappa shape index (κ3) is 4.54. The molecule has 0 spiro atoms. The van der Waals surface area contributed by atoms with E-state index in [1.165, 1.54) is 36.9 Å². The number of nitrogens with one attached hydrogen (secondary N) is 2. The highest BCUT2D eigenvalue weighted by molar-refractivity contribution is 5.61. The molecule has 6 nitrogen and oxygen atoms in total. The number of benzene rings is 2. The lowest BCUT2D eigenvalue weighted by molar-refractivity contribution is 0.438. The summed E-state index contributed by atoms with van der Waals surface area (Å²) in [7, 11) is 0. The zero-order valence-electron chi connectivity index (χ0n) is 15.8. The number of hydrogen-bond acceptors (Lipinski definition) is 6. The molecular formula is C21H23FN6. The van der Waals surface area contributed by atoms with Gasteiger partial charge in [-0.3, -0.25) is 0 Å². The van der Waals surface area contributed by atoms with Crippen molar-refractivity contribution in [1.82, 2.24) is 15.2 Å². The van der Waals surface area contributed by atoms with Crippen LogP contribution in [0.1, 0.15) is 19.8 Å². The first-order chi connectivity index (χ1) is 13.7. The molecule has 0 atom stereocenters. The van der Waals surface area contributed by atoms with Gasteiger partial charge in [-0.25, -0.2) is 4.39 Å². The summed E-state index contributed by atoms with van der Waals surface area (Å²) in [6.07, 6.45) is 4.01. The van der Waals surface area contributed by atoms with E-state index in [0.29, 0.717) is 11.8 Å². The van der Waals surface area contributed by atoms with Crippen LogP contribution >= 0.6 is 0 Å². The summed E-state index contributed by atoms with van der Waals surface area (Å²) >= 11 is 0. The molecule has 1 aliphatic heterocycles. The van der Waals surface area contributed by atoms with Crippen molar-refractivity contribution in [1.29, 1.82) is 0 Å². The lowest BCUT2D eigenvalue weighted by atomic mass is 9.99. The third-order valence-corrected chi connectivity index (χ3v) is 4.95. The molecule has 0 unspecified atom stereocenters. The van der Waals surface area contributed by atoms with E-state index >= 15 is 0 Å². The molecule has 0 radical (unpaired) electrons. The lowest BCUT2D eigenvalue weighted by Gasteiger charge is -2.32. The maximum atomic E-state index is 13.0. The monoisotopic (exact) mass is 378 g/mol. The second kappa shape index (κ2) is 8.21. The zero-order valence-corrected chi connectivity index (χ0v) is 15.8. The largest absolute Gasteiger partial charge is 0.372 e. The van der Waals surface area contributed by atoms with Crippen LogP contribution in [0, 0.1) is 11.7 Å². The van der Waals surface area contributed by atoms with Crippen LogP contribution < -0.4 is 15.5 Å². The molecule has 1 aromatic heterocycles. The van der Waals surface area contributed by atoms with Crippen molar-refractivity contribution >= 4 is 28.8 Å². The molecule has 1 aliphatic rings. The highest BCUT2D eigenvalue weighted by Crippen LogP contribution is 2.25. The van der Waals surface area contributed by atoms with Gasteiger partial charge in [0, 0.05) is 30.2 Å². The molecule has 0 bridgehead atoms. The van der Waals surface area contributed by atoms with Crippen LogP contribution in [0.4, 0.5) is 33.2 Å². The molecule has 0 saturated carbocycles. The molecule has 28 heavy (non-hydrogen) atoms. The molecule has 0 amide bonds. The summed E-state index contributed by atoms with van der Waals surface area (Å²) in [4.78, 5) is 6.83. The fourth-order valence-electron chi connectivity index (χ4n) is 3.25. The van der Waals surface area contributed by atoms with Crippen LogP contribution in [-0.4, -0.2) is 28.3 Å². The summed E-state index contributed by atoms with van der Waals surface area (Å²) in [6.45, 7) is 4.54. The predicted octanol–water partition coefficient (Wildman–Crippen LogP) is 4.73. The smallest absolute Gasteiger partial charge is 0.249 e. The Morgan fingerprint density at radius 2 is 1.57 bits per heavy atom. The van der Waals surface area contributed by atoms with Crippen molar-refractivity contribution in [3.8, 4) is 0 Å². The van der Waals surface area contributed by atoms with Crippen molar-refractivity contribution < 1.29 is 4.39 Å². The molecule has 2 heterocycles. The van der Waals surface area contributed by atoms with Gasteiger partial charge in [-0.2, -0.15) is 10.1 Å². The van der Waals surface area contributed by atoms with Gasteiger partial charge in [-0.15, -0.1) is 5.10 Å². The molecule has 2 aromatic carbocycles. The Morgan fingerprint density at radius 3 is 2.29 bits per heavy atom. The van der Waals surface area contributed by atoms with Gasteiger partial charge in [0.25, 0.3) is 0 Å². The fourth-order valence-corrected chi connectivity index (χ4v) is 3.25. The minimum Gasteiger partial charge on any atom is -0.372 e. The highest BCUT2D eigenvalue weighted by Gasteiger charge is 2.15. The Bertz CT molecular complexity index is 905. The third-order valence-electron chi connectivity index (χ3n) is 4.95. The van der Waals surface area contributed by atoms with Crippen molar-refractivity contribution in [2.75, 3.05) is 28.6 Å². The Morgan fingerprint density at radius 1 is 0.929 bits per heavy atom. The molecule has 1 saturated heterocycles. The van der Waals surface area contributed by atoms with Crippen LogP contribution in [0.2, 0.25) is 0 Å². The summed E-state index contributed by atoms with van der Waals surface area (Å²) in [5.41, 5.74) is 2.87. The van der Waals surface area contributed by atoms with E-state index in [4.69, 9.17) is 0 Å². The number of anilines is 5. The summed E-state index contributed by atoms with van der Waals surface area (Å²) in [5.74, 6) is 1.46. The molecule has 144 valence electrons. The van der Waals surface area contributed by atoms with Crippen molar-refractivity contribution in [2.24, 2.45) is 5.92 Å². The van der Waals surface area contributed by atoms with E-state index in [-0.39, 0.29) is 5.82 Å². The SMILES string of the molecule is CC1CCN(c2ccc(Nc3nncc(Nc4ccc(F)cc4)n3)cc2)CC1. The van der Waals surface area contributed by atoms with Crippen molar-refractivity contribution in [3.63, 3.8) is 0 Å². The summed E-state index contributed by atoms with van der Waals surface area (Å²) in [5, 5.41) is 14.3. The Hall–Kier alpha value is -3.22. The number of halogens is 1. The average Bonchev–Trinajstić information content (AvgIpc) is 2.71. The van der Waals surface area contributed by atoms with E-state index < -0.39 is 0 Å². The second-order valence-corrected chi connectivity index (χ2v) is 7.14. The second-order valence-electron chi connectivity index (χ2n) is 7.14. The molecule has 4 rings (SSSR count). The molecular weight excluding hydrogens is 355 g/mol. The van der Waals surface area contributed by atoms with Crippen molar-refractivity contribution in [2.45, 2.75) is 19.8 Å². The van der Waals surface area contributed by atoms with Crippen LogP contribution in [0.25, 0.3) is 0 Å². The van der Waals surface area contributed by atoms with Crippen LogP contribution in [0.15, 0.2) is 54.7 Å². The van der Waals surface area contributed by atoms with Crippen LogP contribution in [0.3, 0.4) is 0 Å². The summed E-state index contributed by atoms with van der Waals surface area (Å²) in [6, 6.07) is 14.4. The van der Waals surface area contributed by atoms with Gasteiger partial charge in [0.05, 0.1) is 6.20 Å². The Kier molecular flexibility index (Phi) is 5.32. The molecule has 0 aliphatic carbocycles. The average molecular weight is 378 g/mol. The van der Waals surface area contributed by atoms with Gasteiger partial charge in [-0.05, 0) is 67.3 Å². The first kappa shape index (κ1) is 18.2. The zero-order chi connectivity index (χ0) is 19.3. The van der Waals surface area contributed by atoms with E-state index in [9.17, 15) is 4.39 Å². The van der Waals surface area contributed by atoms with E-state index in [2.05, 4.69) is 49.8 Å². The standard InChI is InChI=1S/C21H23FN6/c1-15-10-12-28(13-11-15)19-8-6-18(7-9-19)25-21-26-20(14-23-27-21)24-17-4-2-16(22)3-5-17/h2-9,14-15H,10-13H2,1H3,(H2,24,25,26,27). The topological polar surface area (TPSA) is 66.0 Å². The normalized spacial score (nSPS) is 14.7. The predicted molar refractivity (Wildman–Crippen MR) is 110 cm³/mol. The van der Waals surface area contributed by atoms with Crippen LogP contribution in [0.5, 0.6) is 0 Å². The van der Waals surface area contributed by atoms with Gasteiger partial charge in [0.15, 0.2) is 5.82 Å². The molecule has 3 aromatic rings. The number of aromatic nitrogens is 3. The first-order valence-electron chi connectivity index (χ1n) is 9.50. The van der Waals surface area contributed by atoms with Gasteiger partial charge in [-0.1, -0.05) is 6.92 Å². The van der Waals surface area contributed by atoms with Gasteiger partial charge in [0.2, 0.25) is 5.95 Å². The van der Waals surface area contributed by atoms with Gasteiger partial charge in [0.1, 0.15) is 5.82 Å².